The Balaban J connectivity index is 2.06. The van der Waals surface area contributed by atoms with Gasteiger partial charge in [-0.3, -0.25) is 4.79 Å². The molecule has 20 heavy (non-hydrogen) atoms. The van der Waals surface area contributed by atoms with Crippen molar-refractivity contribution in [3.8, 4) is 5.75 Å². The first kappa shape index (κ1) is 13.9. The lowest BCUT2D eigenvalue weighted by atomic mass is 10.2. The van der Waals surface area contributed by atoms with Crippen molar-refractivity contribution in [2.45, 2.75) is 6.92 Å². The van der Waals surface area contributed by atoms with Crippen LogP contribution in [0.25, 0.3) is 0 Å². The van der Waals surface area contributed by atoms with Crippen LogP contribution in [-0.2, 0) is 0 Å². The maximum atomic E-state index is 12.1. The maximum Gasteiger partial charge on any atom is 0.255 e. The lowest BCUT2D eigenvalue weighted by Crippen LogP contribution is -2.11. The molecule has 1 N–H and O–H groups in total. The van der Waals surface area contributed by atoms with E-state index in [1.807, 2.05) is 43.3 Å². The smallest absolute Gasteiger partial charge is 0.255 e. The molecular weight excluding hydrogens is 250 g/mol. The minimum absolute atomic E-state index is 0.156. The molecule has 0 aliphatic heterocycles. The monoisotopic (exact) mass is 267 g/mol. The Hall–Kier alpha value is -2.55. The van der Waals surface area contributed by atoms with Crippen molar-refractivity contribution in [2.75, 3.05) is 11.9 Å². The summed E-state index contributed by atoms with van der Waals surface area (Å²) in [6.07, 6.45) is 0. The average Bonchev–Trinajstić information content (AvgIpc) is 2.46. The van der Waals surface area contributed by atoms with Gasteiger partial charge in [0.25, 0.3) is 5.91 Å². The largest absolute Gasteiger partial charge is 0.489 e. The van der Waals surface area contributed by atoms with E-state index in [1.165, 1.54) is 0 Å². The van der Waals surface area contributed by atoms with Crippen molar-refractivity contribution in [3.63, 3.8) is 0 Å². The summed E-state index contributed by atoms with van der Waals surface area (Å²) in [4.78, 5) is 12.1. The molecule has 3 heteroatoms. The van der Waals surface area contributed by atoms with Crippen LogP contribution in [0, 0.1) is 0 Å². The highest BCUT2D eigenvalue weighted by Gasteiger charge is 2.07. The van der Waals surface area contributed by atoms with Gasteiger partial charge >= 0.3 is 0 Å². The molecule has 0 spiro atoms. The van der Waals surface area contributed by atoms with E-state index in [-0.39, 0.29) is 5.91 Å². The minimum atomic E-state index is -0.156. The molecule has 0 fully saturated rings. The van der Waals surface area contributed by atoms with Crippen LogP contribution in [0.15, 0.2) is 66.7 Å². The van der Waals surface area contributed by atoms with Gasteiger partial charge in [-0.1, -0.05) is 30.8 Å². The number of nitrogens with one attached hydrogen (secondary N) is 1. The van der Waals surface area contributed by atoms with Crippen molar-refractivity contribution in [1.82, 2.24) is 0 Å². The van der Waals surface area contributed by atoms with E-state index in [9.17, 15) is 4.79 Å². The highest BCUT2D eigenvalue weighted by molar-refractivity contribution is 6.04. The van der Waals surface area contributed by atoms with Crippen molar-refractivity contribution in [3.05, 3.63) is 72.3 Å². The lowest BCUT2D eigenvalue weighted by molar-refractivity contribution is 0.102. The van der Waals surface area contributed by atoms with Gasteiger partial charge in [-0.15, -0.1) is 0 Å². The van der Waals surface area contributed by atoms with E-state index in [0.717, 1.165) is 11.3 Å². The van der Waals surface area contributed by atoms with Crippen molar-refractivity contribution >= 4 is 11.6 Å². The molecule has 0 aliphatic rings. The Bertz CT molecular complexity index is 605. The molecule has 2 aromatic rings. The number of benzene rings is 2. The number of carbonyl (C=O) groups is 1. The topological polar surface area (TPSA) is 38.3 Å². The first-order valence-corrected chi connectivity index (χ1v) is 6.39. The molecular formula is C17H17NO2. The number of ether oxygens (including phenoxy) is 1. The van der Waals surface area contributed by atoms with Gasteiger partial charge in [-0.05, 0) is 42.8 Å². The fraction of sp³-hybridized carbons (Fsp3) is 0.118. The lowest BCUT2D eigenvalue weighted by Gasteiger charge is -2.08. The van der Waals surface area contributed by atoms with Crippen molar-refractivity contribution in [2.24, 2.45) is 0 Å². The minimum Gasteiger partial charge on any atom is -0.489 e. The molecule has 0 aromatic heterocycles. The zero-order valence-electron chi connectivity index (χ0n) is 11.4. The van der Waals surface area contributed by atoms with Gasteiger partial charge in [0, 0.05) is 11.3 Å². The molecule has 1 amide bonds. The summed E-state index contributed by atoms with van der Waals surface area (Å²) in [5, 5.41) is 2.84. The van der Waals surface area contributed by atoms with Gasteiger partial charge < -0.3 is 10.1 Å². The first-order chi connectivity index (χ1) is 9.65. The number of rotatable bonds is 5. The summed E-state index contributed by atoms with van der Waals surface area (Å²) in [5.41, 5.74) is 2.27. The van der Waals surface area contributed by atoms with E-state index >= 15 is 0 Å². The van der Waals surface area contributed by atoms with Crippen LogP contribution in [0.3, 0.4) is 0 Å². The fourth-order valence-electron chi connectivity index (χ4n) is 1.66. The van der Waals surface area contributed by atoms with Gasteiger partial charge in [-0.2, -0.15) is 0 Å². The zero-order valence-corrected chi connectivity index (χ0v) is 11.4. The third-order valence-corrected chi connectivity index (χ3v) is 2.61. The maximum absolute atomic E-state index is 12.1. The summed E-state index contributed by atoms with van der Waals surface area (Å²) >= 11 is 0. The highest BCUT2D eigenvalue weighted by atomic mass is 16.5. The molecule has 0 atom stereocenters. The van der Waals surface area contributed by atoms with E-state index in [4.69, 9.17) is 4.74 Å². The molecule has 0 saturated carbocycles. The molecule has 0 saturated heterocycles. The zero-order chi connectivity index (χ0) is 14.4. The van der Waals surface area contributed by atoms with Crippen LogP contribution in [0.2, 0.25) is 0 Å². The molecule has 3 nitrogen and oxygen atoms in total. The Labute approximate surface area is 118 Å². The van der Waals surface area contributed by atoms with Crippen molar-refractivity contribution < 1.29 is 9.53 Å². The second-order valence-corrected chi connectivity index (χ2v) is 4.59. The number of anilines is 1. The number of hydrogen-bond acceptors (Lipinski definition) is 2. The Kier molecular flexibility index (Phi) is 4.56. The molecule has 0 heterocycles. The average molecular weight is 267 g/mol. The standard InChI is InChI=1S/C17H17NO2/c1-13(2)12-20-16-10-6-7-14(11-16)17(19)18-15-8-4-3-5-9-15/h3-11H,1,12H2,2H3,(H,18,19). The predicted octanol–water partition coefficient (Wildman–Crippen LogP) is 3.89. The Morgan fingerprint density at radius 3 is 2.60 bits per heavy atom. The molecule has 0 unspecified atom stereocenters. The van der Waals surface area contributed by atoms with E-state index in [2.05, 4.69) is 11.9 Å². The van der Waals surface area contributed by atoms with Gasteiger partial charge in [0.15, 0.2) is 0 Å². The van der Waals surface area contributed by atoms with Crippen LogP contribution < -0.4 is 10.1 Å². The summed E-state index contributed by atoms with van der Waals surface area (Å²) in [6, 6.07) is 16.5. The van der Waals surface area contributed by atoms with Crippen molar-refractivity contribution in [1.29, 1.82) is 0 Å². The van der Waals surface area contributed by atoms with Gasteiger partial charge in [0.2, 0.25) is 0 Å². The molecule has 2 rings (SSSR count). The van der Waals surface area contributed by atoms with Crippen LogP contribution in [-0.4, -0.2) is 12.5 Å². The van der Waals surface area contributed by atoms with Crippen LogP contribution >= 0.6 is 0 Å². The number of carbonyl (C=O) groups excluding carboxylic acids is 1. The normalized spacial score (nSPS) is 9.85. The molecule has 0 radical (unpaired) electrons. The SMILES string of the molecule is C=C(C)COc1cccc(C(=O)Nc2ccccc2)c1. The van der Waals surface area contributed by atoms with E-state index in [1.54, 1.807) is 18.2 Å². The third kappa shape index (κ3) is 3.99. The number of para-hydroxylation sites is 1. The molecule has 0 aliphatic carbocycles. The number of hydrogen-bond donors (Lipinski definition) is 1. The van der Waals surface area contributed by atoms with Crippen LogP contribution in [0.1, 0.15) is 17.3 Å². The van der Waals surface area contributed by atoms with Crippen LogP contribution in [0.4, 0.5) is 5.69 Å². The second-order valence-electron chi connectivity index (χ2n) is 4.59. The molecule has 102 valence electrons. The summed E-state index contributed by atoms with van der Waals surface area (Å²) in [5.74, 6) is 0.505. The summed E-state index contributed by atoms with van der Waals surface area (Å²) < 4.78 is 5.53. The predicted molar refractivity (Wildman–Crippen MR) is 81.1 cm³/mol. The molecule has 2 aromatic carbocycles. The highest BCUT2D eigenvalue weighted by Crippen LogP contribution is 2.15. The van der Waals surface area contributed by atoms with Gasteiger partial charge in [0.05, 0.1) is 0 Å². The fourth-order valence-corrected chi connectivity index (χ4v) is 1.66. The number of amides is 1. The summed E-state index contributed by atoms with van der Waals surface area (Å²) in [7, 11) is 0. The Morgan fingerprint density at radius 2 is 1.90 bits per heavy atom. The van der Waals surface area contributed by atoms with Crippen LogP contribution in [0.5, 0.6) is 5.75 Å². The quantitative estimate of drug-likeness (QED) is 0.834. The van der Waals surface area contributed by atoms with Gasteiger partial charge in [0.1, 0.15) is 12.4 Å². The molecule has 0 bridgehead atoms. The summed E-state index contributed by atoms with van der Waals surface area (Å²) in [6.45, 7) is 6.12. The van der Waals surface area contributed by atoms with E-state index in [0.29, 0.717) is 17.9 Å². The Morgan fingerprint density at radius 1 is 1.15 bits per heavy atom. The first-order valence-electron chi connectivity index (χ1n) is 6.39. The van der Waals surface area contributed by atoms with E-state index < -0.39 is 0 Å². The van der Waals surface area contributed by atoms with Gasteiger partial charge in [-0.25, -0.2) is 0 Å². The second kappa shape index (κ2) is 6.57. The third-order valence-electron chi connectivity index (χ3n) is 2.61.